The zero-order valence-corrected chi connectivity index (χ0v) is 19.9. The molecule has 1 atom stereocenters. The Labute approximate surface area is 192 Å². The van der Waals surface area contributed by atoms with Gasteiger partial charge in [0.25, 0.3) is 0 Å². The predicted molar refractivity (Wildman–Crippen MR) is 122 cm³/mol. The molecule has 2 aromatic carbocycles. The standard InChI is InChI=1S/C21H25ClN2O7S/c1-6-17(24(32(5,27)28)14-9-7-8-13(22)10-14)20(25)23-16-12-19(30-3)18(29-2)11-15(16)21(26)31-4/h7-12,17H,6H2,1-5H3,(H,23,25)/t17-/m1/s1. The first-order chi connectivity index (χ1) is 15.1. The maximum atomic E-state index is 13.2. The highest BCUT2D eigenvalue weighted by molar-refractivity contribution is 7.92. The van der Waals surface area contributed by atoms with E-state index in [0.717, 1.165) is 10.6 Å². The third-order valence-electron chi connectivity index (χ3n) is 4.58. The molecule has 0 aliphatic heterocycles. The lowest BCUT2D eigenvalue weighted by molar-refractivity contribution is -0.117. The van der Waals surface area contributed by atoms with Crippen molar-refractivity contribution in [2.45, 2.75) is 19.4 Å². The first-order valence-electron chi connectivity index (χ1n) is 9.47. The van der Waals surface area contributed by atoms with Crippen LogP contribution in [-0.2, 0) is 19.6 Å². The average Bonchev–Trinajstić information content (AvgIpc) is 2.75. The van der Waals surface area contributed by atoms with Crippen molar-refractivity contribution in [1.82, 2.24) is 0 Å². The van der Waals surface area contributed by atoms with Crippen LogP contribution in [-0.4, -0.2) is 53.9 Å². The van der Waals surface area contributed by atoms with Crippen molar-refractivity contribution in [3.05, 3.63) is 47.0 Å². The molecule has 0 aliphatic carbocycles. The van der Waals surface area contributed by atoms with Crippen molar-refractivity contribution in [3.63, 3.8) is 0 Å². The molecule has 0 saturated heterocycles. The van der Waals surface area contributed by atoms with Crippen LogP contribution in [0.2, 0.25) is 5.02 Å². The van der Waals surface area contributed by atoms with Gasteiger partial charge in [0.15, 0.2) is 11.5 Å². The fourth-order valence-electron chi connectivity index (χ4n) is 3.15. The van der Waals surface area contributed by atoms with Crippen molar-refractivity contribution in [2.24, 2.45) is 0 Å². The molecule has 1 amide bonds. The van der Waals surface area contributed by atoms with Gasteiger partial charge in [0.1, 0.15) is 6.04 Å². The van der Waals surface area contributed by atoms with Gasteiger partial charge in [-0.3, -0.25) is 9.10 Å². The molecule has 1 N–H and O–H groups in total. The van der Waals surface area contributed by atoms with Crippen LogP contribution in [0.4, 0.5) is 11.4 Å². The molecule has 0 spiro atoms. The van der Waals surface area contributed by atoms with E-state index >= 15 is 0 Å². The van der Waals surface area contributed by atoms with E-state index in [4.69, 9.17) is 25.8 Å². The van der Waals surface area contributed by atoms with Gasteiger partial charge < -0.3 is 19.5 Å². The second-order valence-corrected chi connectivity index (χ2v) is 8.99. The molecule has 0 bridgehead atoms. The Balaban J connectivity index is 2.53. The van der Waals surface area contributed by atoms with Gasteiger partial charge in [-0.25, -0.2) is 13.2 Å². The number of nitrogens with zero attached hydrogens (tertiary/aromatic N) is 1. The summed E-state index contributed by atoms with van der Waals surface area (Å²) >= 11 is 6.03. The number of ether oxygens (including phenoxy) is 3. The number of carbonyl (C=O) groups is 2. The summed E-state index contributed by atoms with van der Waals surface area (Å²) in [6, 6.07) is 7.82. The van der Waals surface area contributed by atoms with Crippen molar-refractivity contribution in [3.8, 4) is 11.5 Å². The molecule has 174 valence electrons. The molecule has 0 aromatic heterocycles. The smallest absolute Gasteiger partial charge is 0.340 e. The summed E-state index contributed by atoms with van der Waals surface area (Å²) in [5, 5.41) is 2.94. The number of esters is 1. The van der Waals surface area contributed by atoms with E-state index in [2.05, 4.69) is 5.32 Å². The predicted octanol–water partition coefficient (Wildman–Crippen LogP) is 3.33. The summed E-state index contributed by atoms with van der Waals surface area (Å²) < 4.78 is 41.4. The normalized spacial score (nSPS) is 11.9. The number of rotatable bonds is 9. The molecule has 0 fully saturated rings. The third-order valence-corrected chi connectivity index (χ3v) is 5.99. The summed E-state index contributed by atoms with van der Waals surface area (Å²) in [6.07, 6.45) is 1.15. The number of hydrogen-bond acceptors (Lipinski definition) is 7. The van der Waals surface area contributed by atoms with E-state index in [1.807, 2.05) is 0 Å². The van der Waals surface area contributed by atoms with Crippen LogP contribution < -0.4 is 19.1 Å². The molecular weight excluding hydrogens is 460 g/mol. The maximum Gasteiger partial charge on any atom is 0.340 e. The minimum absolute atomic E-state index is 0.0158. The zero-order chi connectivity index (χ0) is 24.1. The first kappa shape index (κ1) is 25.3. The van der Waals surface area contributed by atoms with Gasteiger partial charge in [-0.2, -0.15) is 0 Å². The first-order valence-corrected chi connectivity index (χ1v) is 11.7. The van der Waals surface area contributed by atoms with Crippen LogP contribution >= 0.6 is 11.6 Å². The summed E-state index contributed by atoms with van der Waals surface area (Å²) in [7, 11) is 0.143. The van der Waals surface area contributed by atoms with Gasteiger partial charge in [-0.1, -0.05) is 24.6 Å². The van der Waals surface area contributed by atoms with E-state index in [-0.39, 0.29) is 34.9 Å². The van der Waals surface area contributed by atoms with Crippen molar-refractivity contribution in [2.75, 3.05) is 37.2 Å². The highest BCUT2D eigenvalue weighted by Crippen LogP contribution is 2.34. The van der Waals surface area contributed by atoms with E-state index in [0.29, 0.717) is 5.02 Å². The minimum atomic E-state index is -3.86. The maximum absolute atomic E-state index is 13.2. The molecule has 11 heteroatoms. The Morgan fingerprint density at radius 3 is 2.22 bits per heavy atom. The quantitative estimate of drug-likeness (QED) is 0.543. The van der Waals surface area contributed by atoms with E-state index in [9.17, 15) is 18.0 Å². The number of carbonyl (C=O) groups excluding carboxylic acids is 2. The molecule has 0 saturated carbocycles. The number of benzene rings is 2. The molecule has 0 radical (unpaired) electrons. The summed E-state index contributed by atoms with van der Waals surface area (Å²) in [6.45, 7) is 1.67. The monoisotopic (exact) mass is 484 g/mol. The molecule has 2 rings (SSSR count). The lowest BCUT2D eigenvalue weighted by Crippen LogP contribution is -2.47. The molecule has 0 unspecified atom stereocenters. The minimum Gasteiger partial charge on any atom is -0.493 e. The van der Waals surface area contributed by atoms with E-state index < -0.39 is 27.9 Å². The Bertz CT molecular complexity index is 1110. The molecule has 32 heavy (non-hydrogen) atoms. The SMILES string of the molecule is CC[C@H](C(=O)Nc1cc(OC)c(OC)cc1C(=O)OC)N(c1cccc(Cl)c1)S(C)(=O)=O. The summed E-state index contributed by atoms with van der Waals surface area (Å²) in [5.74, 6) is -0.854. The third kappa shape index (κ3) is 5.63. The highest BCUT2D eigenvalue weighted by Gasteiger charge is 2.32. The zero-order valence-electron chi connectivity index (χ0n) is 18.3. The number of hydrogen-bond donors (Lipinski definition) is 1. The Morgan fingerprint density at radius 2 is 1.72 bits per heavy atom. The lowest BCUT2D eigenvalue weighted by Gasteiger charge is -2.30. The van der Waals surface area contributed by atoms with E-state index in [1.54, 1.807) is 25.1 Å². The van der Waals surface area contributed by atoms with Crippen molar-refractivity contribution in [1.29, 1.82) is 0 Å². The molecule has 0 aliphatic rings. The number of sulfonamides is 1. The van der Waals surface area contributed by atoms with Crippen molar-refractivity contribution < 1.29 is 32.2 Å². The second kappa shape index (κ2) is 10.6. The van der Waals surface area contributed by atoms with Gasteiger partial charge in [-0.05, 0) is 24.6 Å². The van der Waals surface area contributed by atoms with Crippen LogP contribution in [0, 0.1) is 0 Å². The van der Waals surface area contributed by atoms with Crippen LogP contribution in [0.1, 0.15) is 23.7 Å². The number of nitrogens with one attached hydrogen (secondary N) is 1. The van der Waals surface area contributed by atoms with Crippen LogP contribution in [0.3, 0.4) is 0 Å². The van der Waals surface area contributed by atoms with Crippen LogP contribution in [0.25, 0.3) is 0 Å². The largest absolute Gasteiger partial charge is 0.493 e. The van der Waals surface area contributed by atoms with E-state index in [1.165, 1.54) is 39.5 Å². The summed E-state index contributed by atoms with van der Waals surface area (Å²) in [4.78, 5) is 25.5. The number of amides is 1. The Kier molecular flexibility index (Phi) is 8.34. The van der Waals surface area contributed by atoms with Crippen LogP contribution in [0.5, 0.6) is 11.5 Å². The fourth-order valence-corrected chi connectivity index (χ4v) is 4.54. The van der Waals surface area contributed by atoms with Gasteiger partial charge in [0.2, 0.25) is 15.9 Å². The fraction of sp³-hybridized carbons (Fsp3) is 0.333. The molecule has 2 aromatic rings. The van der Waals surface area contributed by atoms with Gasteiger partial charge in [0.05, 0.1) is 44.5 Å². The molecule has 9 nitrogen and oxygen atoms in total. The van der Waals surface area contributed by atoms with Gasteiger partial charge >= 0.3 is 5.97 Å². The molecule has 0 heterocycles. The molecular formula is C21H25ClN2O7S. The number of halogens is 1. The summed E-state index contributed by atoms with van der Waals surface area (Å²) in [5.41, 5.74) is 0.335. The number of anilines is 2. The highest BCUT2D eigenvalue weighted by atomic mass is 35.5. The topological polar surface area (TPSA) is 111 Å². The Hall–Kier alpha value is -2.98. The number of methoxy groups -OCH3 is 3. The lowest BCUT2D eigenvalue weighted by atomic mass is 10.1. The van der Waals surface area contributed by atoms with Crippen LogP contribution in [0.15, 0.2) is 36.4 Å². The average molecular weight is 485 g/mol. The van der Waals surface area contributed by atoms with Crippen molar-refractivity contribution >= 4 is 44.9 Å². The van der Waals surface area contributed by atoms with Gasteiger partial charge in [-0.15, -0.1) is 0 Å². The van der Waals surface area contributed by atoms with Gasteiger partial charge in [0, 0.05) is 17.2 Å². The Morgan fingerprint density at radius 1 is 1.09 bits per heavy atom. The second-order valence-electron chi connectivity index (χ2n) is 6.70.